The maximum absolute atomic E-state index is 4.41. The second kappa shape index (κ2) is 9.83. The fourth-order valence-corrected chi connectivity index (χ4v) is 4.09. The average molecular weight is 421 g/mol. The summed E-state index contributed by atoms with van der Waals surface area (Å²) in [5, 5.41) is 12.4. The Morgan fingerprint density at radius 3 is 1.54 bits per heavy atom. The van der Waals surface area contributed by atoms with Crippen LogP contribution in [0.2, 0.25) is 0 Å². The van der Waals surface area contributed by atoms with Crippen LogP contribution < -0.4 is 10.6 Å². The van der Waals surface area contributed by atoms with E-state index in [-0.39, 0.29) is 0 Å². The lowest BCUT2D eigenvalue weighted by atomic mass is 10.3. The van der Waals surface area contributed by atoms with Crippen LogP contribution in [0.25, 0.3) is 0 Å². The number of nitrogens with zero attached hydrogens (tertiary/aromatic N) is 6. The molecule has 2 aromatic heterocycles. The number of rotatable bonds is 2. The molecule has 4 heterocycles. The van der Waals surface area contributed by atoms with E-state index in [1.165, 1.54) is 0 Å². The Hall–Kier alpha value is -2.20. The molecule has 0 unspecified atom stereocenters. The minimum absolute atomic E-state index is 0.914. The molecule has 2 aliphatic rings. The topological polar surface area (TPSA) is 81.0 Å². The van der Waals surface area contributed by atoms with Crippen molar-refractivity contribution in [2.24, 2.45) is 9.98 Å². The molecule has 8 nitrogen and oxygen atoms in total. The van der Waals surface area contributed by atoms with Crippen molar-refractivity contribution >= 4 is 44.9 Å². The molecule has 2 aromatic rings. The molecule has 0 aliphatic carbocycles. The molecule has 0 aromatic carbocycles. The maximum atomic E-state index is 4.41. The van der Waals surface area contributed by atoms with E-state index in [1.54, 1.807) is 22.7 Å². The lowest BCUT2D eigenvalue weighted by Gasteiger charge is -2.24. The predicted molar refractivity (Wildman–Crippen MR) is 120 cm³/mol. The third kappa shape index (κ3) is 5.90. The first-order valence-corrected chi connectivity index (χ1v) is 11.2. The largest absolute Gasteiger partial charge is 0.346 e. The molecule has 0 radical (unpaired) electrons. The number of thiazole rings is 2. The number of hydrogen-bond donors (Lipinski definition) is 2. The van der Waals surface area contributed by atoms with Gasteiger partial charge in [-0.25, -0.2) is 9.97 Å². The molecule has 2 aliphatic heterocycles. The lowest BCUT2D eigenvalue weighted by molar-refractivity contribution is 0.466. The first-order valence-electron chi connectivity index (χ1n) is 9.41. The van der Waals surface area contributed by atoms with Gasteiger partial charge in [-0.15, -0.1) is 22.7 Å². The van der Waals surface area contributed by atoms with Crippen molar-refractivity contribution in [1.29, 1.82) is 0 Å². The highest BCUT2D eigenvalue weighted by molar-refractivity contribution is 7.14. The molecule has 28 heavy (non-hydrogen) atoms. The average Bonchev–Trinajstić information content (AvgIpc) is 3.27. The van der Waals surface area contributed by atoms with Gasteiger partial charge in [0.15, 0.2) is 22.2 Å². The van der Waals surface area contributed by atoms with E-state index >= 15 is 0 Å². The van der Waals surface area contributed by atoms with E-state index in [4.69, 9.17) is 0 Å². The minimum atomic E-state index is 0.914. The van der Waals surface area contributed by atoms with Gasteiger partial charge in [-0.05, 0) is 26.7 Å². The van der Waals surface area contributed by atoms with E-state index in [0.717, 1.165) is 72.6 Å². The number of hydrogen-bond acceptors (Lipinski definition) is 10. The van der Waals surface area contributed by atoms with Crippen molar-refractivity contribution in [3.63, 3.8) is 0 Å². The Balaban J connectivity index is 0.000000161. The summed E-state index contributed by atoms with van der Waals surface area (Å²) in [6, 6.07) is 0. The van der Waals surface area contributed by atoms with Gasteiger partial charge in [-0.3, -0.25) is 9.98 Å². The standard InChI is InChI=1S/2C9H14N4S/c2*1-7-6-14-9(11-7)12-8-10-4-3-5-13(8)2/h2*6H,3-5H2,1-2H3,(H,10,11,12). The number of guanidine groups is 2. The fraction of sp³-hybridized carbons (Fsp3) is 0.556. The summed E-state index contributed by atoms with van der Waals surface area (Å²) >= 11 is 3.23. The van der Waals surface area contributed by atoms with E-state index < -0.39 is 0 Å². The molecular weight excluding hydrogens is 392 g/mol. The highest BCUT2D eigenvalue weighted by Gasteiger charge is 2.12. The van der Waals surface area contributed by atoms with Crippen LogP contribution in [-0.2, 0) is 0 Å². The molecular formula is C18H28N8S2. The maximum Gasteiger partial charge on any atom is 0.200 e. The van der Waals surface area contributed by atoms with Gasteiger partial charge in [0.2, 0.25) is 0 Å². The van der Waals surface area contributed by atoms with Crippen LogP contribution in [0.3, 0.4) is 0 Å². The zero-order valence-corrected chi connectivity index (χ0v) is 18.5. The highest BCUT2D eigenvalue weighted by Crippen LogP contribution is 2.16. The van der Waals surface area contributed by atoms with Crippen LogP contribution in [0.1, 0.15) is 24.2 Å². The molecule has 0 atom stereocenters. The molecule has 0 spiro atoms. The quantitative estimate of drug-likeness (QED) is 0.777. The molecule has 0 amide bonds. The second-order valence-corrected chi connectivity index (χ2v) is 8.52. The van der Waals surface area contributed by atoms with Crippen molar-refractivity contribution in [3.8, 4) is 0 Å². The predicted octanol–water partition coefficient (Wildman–Crippen LogP) is 3.11. The molecule has 4 rings (SSSR count). The molecule has 0 saturated carbocycles. The van der Waals surface area contributed by atoms with Gasteiger partial charge in [0.25, 0.3) is 0 Å². The van der Waals surface area contributed by atoms with Crippen LogP contribution in [-0.4, -0.2) is 72.0 Å². The van der Waals surface area contributed by atoms with Gasteiger partial charge < -0.3 is 20.4 Å². The third-order valence-electron chi connectivity index (χ3n) is 4.23. The molecule has 0 fully saturated rings. The Labute approximate surface area is 174 Å². The number of anilines is 2. The van der Waals surface area contributed by atoms with Gasteiger partial charge >= 0.3 is 0 Å². The number of aromatic nitrogens is 2. The first kappa shape index (κ1) is 20.5. The summed E-state index contributed by atoms with van der Waals surface area (Å²) in [6.45, 7) is 7.95. The summed E-state index contributed by atoms with van der Waals surface area (Å²) in [4.78, 5) is 21.8. The SMILES string of the molecule is Cc1csc(NC2=NCCCN2C)n1.Cc1csc(NC2=NCCCN2C)n1. The minimum Gasteiger partial charge on any atom is -0.346 e. The normalized spacial score (nSPS) is 16.7. The fourth-order valence-electron chi connectivity index (χ4n) is 2.72. The van der Waals surface area contributed by atoms with Crippen LogP contribution in [0.4, 0.5) is 10.3 Å². The Morgan fingerprint density at radius 1 is 0.786 bits per heavy atom. The molecule has 2 N–H and O–H groups in total. The molecule has 0 saturated heterocycles. The first-order chi connectivity index (χ1) is 13.5. The van der Waals surface area contributed by atoms with Gasteiger partial charge in [-0.1, -0.05) is 0 Å². The zero-order chi connectivity index (χ0) is 19.9. The summed E-state index contributed by atoms with van der Waals surface area (Å²) in [6.07, 6.45) is 2.27. The van der Waals surface area contributed by atoms with E-state index in [2.05, 4.69) is 40.4 Å². The van der Waals surface area contributed by atoms with Gasteiger partial charge in [0, 0.05) is 51.0 Å². The zero-order valence-electron chi connectivity index (χ0n) is 16.9. The van der Waals surface area contributed by atoms with Crippen LogP contribution >= 0.6 is 22.7 Å². The van der Waals surface area contributed by atoms with Crippen molar-refractivity contribution in [1.82, 2.24) is 19.8 Å². The third-order valence-corrected chi connectivity index (χ3v) is 5.98. The van der Waals surface area contributed by atoms with Gasteiger partial charge in [-0.2, -0.15) is 0 Å². The summed E-state index contributed by atoms with van der Waals surface area (Å²) < 4.78 is 0. The molecule has 152 valence electrons. The summed E-state index contributed by atoms with van der Waals surface area (Å²) in [5.74, 6) is 1.87. The molecule has 10 heteroatoms. The Kier molecular flexibility index (Phi) is 7.21. The van der Waals surface area contributed by atoms with E-state index in [1.807, 2.05) is 38.7 Å². The van der Waals surface area contributed by atoms with E-state index in [9.17, 15) is 0 Å². The van der Waals surface area contributed by atoms with Gasteiger partial charge in [0.05, 0.1) is 11.4 Å². The molecule has 0 bridgehead atoms. The van der Waals surface area contributed by atoms with Gasteiger partial charge in [0.1, 0.15) is 0 Å². The Bertz CT molecular complexity index is 757. The number of aliphatic imine (C=N–C) groups is 2. The smallest absolute Gasteiger partial charge is 0.200 e. The van der Waals surface area contributed by atoms with Crippen molar-refractivity contribution < 1.29 is 0 Å². The number of nitrogens with one attached hydrogen (secondary N) is 2. The summed E-state index contributed by atoms with van der Waals surface area (Å²) in [7, 11) is 4.09. The van der Waals surface area contributed by atoms with Crippen LogP contribution in [0.5, 0.6) is 0 Å². The van der Waals surface area contributed by atoms with Crippen molar-refractivity contribution in [2.75, 3.05) is 50.9 Å². The van der Waals surface area contributed by atoms with Crippen LogP contribution in [0.15, 0.2) is 20.7 Å². The summed E-state index contributed by atoms with van der Waals surface area (Å²) in [5.41, 5.74) is 2.10. The lowest BCUT2D eigenvalue weighted by Crippen LogP contribution is -2.37. The Morgan fingerprint density at radius 2 is 1.21 bits per heavy atom. The second-order valence-electron chi connectivity index (χ2n) is 6.80. The number of aryl methyl sites for hydroxylation is 2. The monoisotopic (exact) mass is 420 g/mol. The van der Waals surface area contributed by atoms with Crippen molar-refractivity contribution in [3.05, 3.63) is 22.1 Å². The van der Waals surface area contributed by atoms with Crippen LogP contribution in [0, 0.1) is 13.8 Å². The highest BCUT2D eigenvalue weighted by atomic mass is 32.1. The van der Waals surface area contributed by atoms with Crippen molar-refractivity contribution in [2.45, 2.75) is 26.7 Å². The van der Waals surface area contributed by atoms with E-state index in [0.29, 0.717) is 0 Å².